The molecule has 1 aliphatic heterocycles. The number of hydrogen-bond donors (Lipinski definition) is 0. The summed E-state index contributed by atoms with van der Waals surface area (Å²) in [5, 5.41) is 0. The third-order valence-corrected chi connectivity index (χ3v) is 3.86. The minimum Gasteiger partial charge on any atom is -0.423 e. The van der Waals surface area contributed by atoms with Crippen LogP contribution in [0.2, 0.25) is 0 Å². The molecular weight excluding hydrogens is 335 g/mol. The van der Waals surface area contributed by atoms with Gasteiger partial charge in [-0.05, 0) is 48.9 Å². The van der Waals surface area contributed by atoms with Gasteiger partial charge < -0.3 is 9.64 Å². The van der Waals surface area contributed by atoms with Crippen LogP contribution in [0.15, 0.2) is 48.5 Å². The highest BCUT2D eigenvalue weighted by Crippen LogP contribution is 2.30. The number of ether oxygens (including phenoxy) is 1. The van der Waals surface area contributed by atoms with Gasteiger partial charge >= 0.3 is 12.1 Å². The van der Waals surface area contributed by atoms with E-state index in [1.807, 2.05) is 0 Å². The van der Waals surface area contributed by atoms with Crippen molar-refractivity contribution in [1.29, 1.82) is 0 Å². The van der Waals surface area contributed by atoms with E-state index >= 15 is 0 Å². The summed E-state index contributed by atoms with van der Waals surface area (Å²) in [6.45, 7) is 0.641. The van der Waals surface area contributed by atoms with E-state index in [0.717, 1.165) is 24.6 Å². The van der Waals surface area contributed by atoms with Gasteiger partial charge in [-0.1, -0.05) is 6.07 Å². The molecule has 25 heavy (non-hydrogen) atoms. The maximum atomic E-state index is 12.7. The Morgan fingerprint density at radius 2 is 1.80 bits per heavy atom. The highest BCUT2D eigenvalue weighted by atomic mass is 19.4. The molecule has 1 aliphatic rings. The molecule has 0 unspecified atom stereocenters. The molecule has 130 valence electrons. The van der Waals surface area contributed by atoms with E-state index in [9.17, 15) is 22.8 Å². The lowest BCUT2D eigenvalue weighted by Gasteiger charge is -2.15. The summed E-state index contributed by atoms with van der Waals surface area (Å²) >= 11 is 0. The fourth-order valence-corrected chi connectivity index (χ4v) is 2.60. The lowest BCUT2D eigenvalue weighted by atomic mass is 10.1. The van der Waals surface area contributed by atoms with Crippen LogP contribution >= 0.6 is 0 Å². The lowest BCUT2D eigenvalue weighted by molar-refractivity contribution is -0.137. The average molecular weight is 349 g/mol. The van der Waals surface area contributed by atoms with Crippen molar-refractivity contribution in [2.75, 3.05) is 11.4 Å². The maximum absolute atomic E-state index is 12.7. The number of hydrogen-bond acceptors (Lipinski definition) is 3. The number of alkyl halides is 3. The molecule has 2 aromatic carbocycles. The Morgan fingerprint density at radius 1 is 1.08 bits per heavy atom. The molecular formula is C18H14F3NO3. The Morgan fingerprint density at radius 3 is 2.40 bits per heavy atom. The number of nitrogens with zero attached hydrogens (tertiary/aromatic N) is 1. The summed E-state index contributed by atoms with van der Waals surface area (Å²) in [5.41, 5.74) is -0.403. The molecule has 1 saturated heterocycles. The molecule has 0 spiro atoms. The van der Waals surface area contributed by atoms with Crippen LogP contribution in [0.3, 0.4) is 0 Å². The normalized spacial score (nSPS) is 14.7. The molecule has 3 rings (SSSR count). The molecule has 0 aliphatic carbocycles. The van der Waals surface area contributed by atoms with Crippen LogP contribution in [0.4, 0.5) is 18.9 Å². The van der Waals surface area contributed by atoms with E-state index < -0.39 is 17.7 Å². The third kappa shape index (κ3) is 3.81. The molecule has 1 fully saturated rings. The lowest BCUT2D eigenvalue weighted by Crippen LogP contribution is -2.23. The minimum atomic E-state index is -4.53. The van der Waals surface area contributed by atoms with E-state index in [4.69, 9.17) is 4.74 Å². The molecule has 4 nitrogen and oxygen atoms in total. The van der Waals surface area contributed by atoms with E-state index in [-0.39, 0.29) is 17.2 Å². The predicted molar refractivity (Wildman–Crippen MR) is 84.4 cm³/mol. The highest BCUT2D eigenvalue weighted by molar-refractivity contribution is 5.95. The van der Waals surface area contributed by atoms with Gasteiger partial charge in [-0.25, -0.2) is 4.79 Å². The number of amides is 1. The second kappa shape index (κ2) is 6.58. The van der Waals surface area contributed by atoms with E-state index in [1.165, 1.54) is 18.2 Å². The van der Waals surface area contributed by atoms with Crippen molar-refractivity contribution < 1.29 is 27.5 Å². The fraction of sp³-hybridized carbons (Fsp3) is 0.222. The van der Waals surface area contributed by atoms with Crippen LogP contribution in [0.5, 0.6) is 5.75 Å². The Kier molecular flexibility index (Phi) is 4.48. The monoisotopic (exact) mass is 349 g/mol. The number of rotatable bonds is 3. The van der Waals surface area contributed by atoms with Gasteiger partial charge in [0.15, 0.2) is 0 Å². The molecule has 0 atom stereocenters. The Bertz CT molecular complexity index is 800. The average Bonchev–Trinajstić information content (AvgIpc) is 3.01. The number of benzene rings is 2. The molecule has 0 aromatic heterocycles. The van der Waals surface area contributed by atoms with Gasteiger partial charge in [0.25, 0.3) is 0 Å². The van der Waals surface area contributed by atoms with Crippen LogP contribution in [0.1, 0.15) is 28.8 Å². The fourth-order valence-electron chi connectivity index (χ4n) is 2.60. The van der Waals surface area contributed by atoms with Gasteiger partial charge in [0.05, 0.1) is 11.1 Å². The summed E-state index contributed by atoms with van der Waals surface area (Å²) < 4.78 is 43.2. The van der Waals surface area contributed by atoms with Crippen LogP contribution in [-0.4, -0.2) is 18.4 Å². The number of carbonyl (C=O) groups excluding carboxylic acids is 2. The molecule has 0 N–H and O–H groups in total. The van der Waals surface area contributed by atoms with Crippen molar-refractivity contribution in [1.82, 2.24) is 0 Å². The zero-order valence-corrected chi connectivity index (χ0v) is 13.0. The molecule has 2 aromatic rings. The standard InChI is InChI=1S/C18H14F3NO3/c19-18(20,21)13-4-1-3-12(11-13)17(24)25-15-8-6-14(7-9-15)22-10-2-5-16(22)23/h1,3-4,6-9,11H,2,5,10H2. The first-order valence-electron chi connectivity index (χ1n) is 7.64. The van der Waals surface area contributed by atoms with Gasteiger partial charge in [0.2, 0.25) is 5.91 Å². The summed E-state index contributed by atoms with van der Waals surface area (Å²) in [6.07, 6.45) is -3.22. The first-order chi connectivity index (χ1) is 11.8. The van der Waals surface area contributed by atoms with Gasteiger partial charge in [-0.15, -0.1) is 0 Å². The van der Waals surface area contributed by atoms with Gasteiger partial charge in [-0.3, -0.25) is 4.79 Å². The molecule has 1 heterocycles. The van der Waals surface area contributed by atoms with E-state index in [0.29, 0.717) is 18.7 Å². The highest BCUT2D eigenvalue weighted by Gasteiger charge is 2.31. The molecule has 0 bridgehead atoms. The number of halogens is 3. The Balaban J connectivity index is 1.72. The summed E-state index contributed by atoms with van der Waals surface area (Å²) in [7, 11) is 0. The smallest absolute Gasteiger partial charge is 0.416 e. The van der Waals surface area contributed by atoms with Crippen LogP contribution in [0, 0.1) is 0 Å². The van der Waals surface area contributed by atoms with E-state index in [1.54, 1.807) is 17.0 Å². The van der Waals surface area contributed by atoms with Gasteiger partial charge in [-0.2, -0.15) is 13.2 Å². The first-order valence-corrected chi connectivity index (χ1v) is 7.64. The summed E-state index contributed by atoms with van der Waals surface area (Å²) in [4.78, 5) is 25.4. The minimum absolute atomic E-state index is 0.0358. The quantitative estimate of drug-likeness (QED) is 0.620. The van der Waals surface area contributed by atoms with Crippen LogP contribution in [0.25, 0.3) is 0 Å². The molecule has 1 amide bonds. The Labute approximate surface area is 141 Å². The molecule has 7 heteroatoms. The molecule has 0 saturated carbocycles. The zero-order valence-electron chi connectivity index (χ0n) is 13.0. The van der Waals surface area contributed by atoms with Crippen molar-refractivity contribution >= 4 is 17.6 Å². The van der Waals surface area contributed by atoms with Crippen molar-refractivity contribution in [3.05, 3.63) is 59.7 Å². The van der Waals surface area contributed by atoms with Gasteiger partial charge in [0, 0.05) is 18.7 Å². The predicted octanol–water partition coefficient (Wildman–Crippen LogP) is 4.05. The number of anilines is 1. The Hall–Kier alpha value is -2.83. The van der Waals surface area contributed by atoms with Crippen molar-refractivity contribution in [3.63, 3.8) is 0 Å². The second-order valence-electron chi connectivity index (χ2n) is 5.61. The third-order valence-electron chi connectivity index (χ3n) is 3.86. The van der Waals surface area contributed by atoms with Crippen molar-refractivity contribution in [2.24, 2.45) is 0 Å². The van der Waals surface area contributed by atoms with Crippen molar-refractivity contribution in [3.8, 4) is 5.75 Å². The van der Waals surface area contributed by atoms with E-state index in [2.05, 4.69) is 0 Å². The maximum Gasteiger partial charge on any atom is 0.416 e. The SMILES string of the molecule is O=C(Oc1ccc(N2CCCC2=O)cc1)c1cccc(C(F)(F)F)c1. The number of carbonyl (C=O) groups is 2. The summed E-state index contributed by atoms with van der Waals surface area (Å²) in [5.74, 6) is -0.650. The van der Waals surface area contributed by atoms with Crippen LogP contribution in [-0.2, 0) is 11.0 Å². The first kappa shape index (κ1) is 17.0. The van der Waals surface area contributed by atoms with Crippen LogP contribution < -0.4 is 9.64 Å². The topological polar surface area (TPSA) is 46.6 Å². The molecule has 0 radical (unpaired) electrons. The number of esters is 1. The second-order valence-corrected chi connectivity index (χ2v) is 5.61. The van der Waals surface area contributed by atoms with Gasteiger partial charge in [0.1, 0.15) is 5.75 Å². The summed E-state index contributed by atoms with van der Waals surface area (Å²) in [6, 6.07) is 10.3. The largest absolute Gasteiger partial charge is 0.423 e. The zero-order chi connectivity index (χ0) is 18.0. The van der Waals surface area contributed by atoms with Crippen molar-refractivity contribution in [2.45, 2.75) is 19.0 Å².